The summed E-state index contributed by atoms with van der Waals surface area (Å²) in [6.07, 6.45) is 2.84. The van der Waals surface area contributed by atoms with Crippen LogP contribution in [0.25, 0.3) is 11.1 Å². The smallest absolute Gasteiger partial charge is 0.126 e. The number of phenolic OH excluding ortho intramolecular Hbond substituents is 1. The molecule has 0 aliphatic carbocycles. The van der Waals surface area contributed by atoms with E-state index in [-0.39, 0.29) is 0 Å². The van der Waals surface area contributed by atoms with Gasteiger partial charge in [-0.15, -0.1) is 0 Å². The van der Waals surface area contributed by atoms with Crippen LogP contribution in [0.15, 0.2) is 36.4 Å². The second kappa shape index (κ2) is 5.92. The molecule has 1 N–H and O–H groups in total. The second-order valence-corrected chi connectivity index (χ2v) is 4.87. The van der Waals surface area contributed by atoms with E-state index in [1.807, 2.05) is 6.07 Å². The number of rotatable bonds is 4. The monoisotopic (exact) mass is 254 g/mol. The van der Waals surface area contributed by atoms with Crippen molar-refractivity contribution in [1.82, 2.24) is 0 Å². The fourth-order valence-corrected chi connectivity index (χ4v) is 2.53. The van der Waals surface area contributed by atoms with Crippen LogP contribution in [0.4, 0.5) is 0 Å². The Morgan fingerprint density at radius 1 is 0.789 bits per heavy atom. The van der Waals surface area contributed by atoms with Gasteiger partial charge in [0.25, 0.3) is 0 Å². The fraction of sp³-hybridized carbons (Fsp3) is 0.333. The molecule has 19 heavy (non-hydrogen) atoms. The standard InChI is InChI=1S/C18H22O/c1-4-13-11-15(6-3)18(19)17(12-13)16-10-8-7-9-14(16)5-2/h7-12,19H,4-6H2,1-3H3. The lowest BCUT2D eigenvalue weighted by molar-refractivity contribution is 0.470. The third-order valence-corrected chi connectivity index (χ3v) is 3.73. The first kappa shape index (κ1) is 13.7. The molecule has 0 aliphatic heterocycles. The maximum Gasteiger partial charge on any atom is 0.126 e. The van der Waals surface area contributed by atoms with Gasteiger partial charge in [0.05, 0.1) is 0 Å². The number of aryl methyl sites for hydroxylation is 3. The minimum absolute atomic E-state index is 0.445. The normalized spacial score (nSPS) is 10.7. The average molecular weight is 254 g/mol. The van der Waals surface area contributed by atoms with Gasteiger partial charge in [0.15, 0.2) is 0 Å². The molecular formula is C18H22O. The topological polar surface area (TPSA) is 20.2 Å². The van der Waals surface area contributed by atoms with E-state index in [0.717, 1.165) is 36.0 Å². The summed E-state index contributed by atoms with van der Waals surface area (Å²) >= 11 is 0. The average Bonchev–Trinajstić information content (AvgIpc) is 2.47. The van der Waals surface area contributed by atoms with Crippen LogP contribution in [0.1, 0.15) is 37.5 Å². The lowest BCUT2D eigenvalue weighted by Crippen LogP contribution is -1.93. The Balaban J connectivity index is 2.67. The highest BCUT2D eigenvalue weighted by Crippen LogP contribution is 2.36. The van der Waals surface area contributed by atoms with Crippen molar-refractivity contribution in [3.05, 3.63) is 53.1 Å². The van der Waals surface area contributed by atoms with Gasteiger partial charge in [0, 0.05) is 5.56 Å². The maximum absolute atomic E-state index is 10.5. The molecule has 0 aromatic heterocycles. The Hall–Kier alpha value is -1.76. The number of benzene rings is 2. The Morgan fingerprint density at radius 3 is 2.11 bits per heavy atom. The van der Waals surface area contributed by atoms with Crippen LogP contribution in [0, 0.1) is 0 Å². The van der Waals surface area contributed by atoms with Gasteiger partial charge in [0.2, 0.25) is 0 Å². The van der Waals surface area contributed by atoms with E-state index in [4.69, 9.17) is 0 Å². The summed E-state index contributed by atoms with van der Waals surface area (Å²) in [6.45, 7) is 6.39. The van der Waals surface area contributed by atoms with Gasteiger partial charge in [-0.1, -0.05) is 51.1 Å². The van der Waals surface area contributed by atoms with Crippen molar-refractivity contribution in [2.75, 3.05) is 0 Å². The first-order valence-corrected chi connectivity index (χ1v) is 7.14. The molecule has 0 fully saturated rings. The third-order valence-electron chi connectivity index (χ3n) is 3.73. The van der Waals surface area contributed by atoms with Crippen LogP contribution in [-0.4, -0.2) is 5.11 Å². The summed E-state index contributed by atoms with van der Waals surface area (Å²) in [7, 11) is 0. The highest BCUT2D eigenvalue weighted by Gasteiger charge is 2.12. The summed E-state index contributed by atoms with van der Waals surface area (Å²) in [5.74, 6) is 0.445. The van der Waals surface area contributed by atoms with Crippen molar-refractivity contribution >= 4 is 0 Å². The van der Waals surface area contributed by atoms with Crippen LogP contribution in [0.3, 0.4) is 0 Å². The van der Waals surface area contributed by atoms with Gasteiger partial charge in [-0.25, -0.2) is 0 Å². The Kier molecular flexibility index (Phi) is 4.26. The van der Waals surface area contributed by atoms with Gasteiger partial charge in [-0.05, 0) is 47.6 Å². The van der Waals surface area contributed by atoms with Crippen LogP contribution >= 0.6 is 0 Å². The predicted octanol–water partition coefficient (Wildman–Crippen LogP) is 4.75. The summed E-state index contributed by atoms with van der Waals surface area (Å²) in [6, 6.07) is 12.6. The summed E-state index contributed by atoms with van der Waals surface area (Å²) in [5, 5.41) is 10.5. The minimum Gasteiger partial charge on any atom is -0.507 e. The van der Waals surface area contributed by atoms with Crippen molar-refractivity contribution < 1.29 is 5.11 Å². The molecule has 0 amide bonds. The molecule has 0 saturated heterocycles. The maximum atomic E-state index is 10.5. The third kappa shape index (κ3) is 2.65. The predicted molar refractivity (Wildman–Crippen MR) is 81.7 cm³/mol. The van der Waals surface area contributed by atoms with Crippen molar-refractivity contribution in [2.45, 2.75) is 40.0 Å². The lowest BCUT2D eigenvalue weighted by atomic mass is 9.92. The molecule has 1 heteroatoms. The molecule has 0 bridgehead atoms. The molecule has 0 atom stereocenters. The minimum atomic E-state index is 0.445. The van der Waals surface area contributed by atoms with Crippen LogP contribution in [0.5, 0.6) is 5.75 Å². The van der Waals surface area contributed by atoms with E-state index in [1.54, 1.807) is 0 Å². The van der Waals surface area contributed by atoms with Gasteiger partial charge < -0.3 is 5.11 Å². The Bertz CT molecular complexity index is 570. The molecule has 2 aromatic rings. The molecule has 0 aliphatic rings. The van der Waals surface area contributed by atoms with Crippen LogP contribution in [-0.2, 0) is 19.3 Å². The first-order valence-electron chi connectivity index (χ1n) is 7.14. The number of phenols is 1. The second-order valence-electron chi connectivity index (χ2n) is 4.87. The highest BCUT2D eigenvalue weighted by molar-refractivity contribution is 5.75. The van der Waals surface area contributed by atoms with E-state index in [1.165, 1.54) is 11.1 Å². The van der Waals surface area contributed by atoms with Gasteiger partial charge >= 0.3 is 0 Å². The zero-order valence-corrected chi connectivity index (χ0v) is 12.0. The van der Waals surface area contributed by atoms with Gasteiger partial charge in [-0.3, -0.25) is 0 Å². The SMILES string of the molecule is CCc1cc(CC)c(O)c(-c2ccccc2CC)c1. The van der Waals surface area contributed by atoms with Crippen LogP contribution < -0.4 is 0 Å². The Morgan fingerprint density at radius 2 is 1.47 bits per heavy atom. The summed E-state index contributed by atoms with van der Waals surface area (Å²) in [4.78, 5) is 0. The van der Waals surface area contributed by atoms with E-state index >= 15 is 0 Å². The molecule has 2 rings (SSSR count). The van der Waals surface area contributed by atoms with Gasteiger partial charge in [0.1, 0.15) is 5.75 Å². The molecule has 0 unspecified atom stereocenters. The number of hydrogen-bond donors (Lipinski definition) is 1. The number of hydrogen-bond acceptors (Lipinski definition) is 1. The molecule has 0 spiro atoms. The van der Waals surface area contributed by atoms with Gasteiger partial charge in [-0.2, -0.15) is 0 Å². The largest absolute Gasteiger partial charge is 0.507 e. The zero-order valence-electron chi connectivity index (χ0n) is 12.0. The van der Waals surface area contributed by atoms with E-state index in [2.05, 4.69) is 51.1 Å². The molecule has 2 aromatic carbocycles. The van der Waals surface area contributed by atoms with E-state index in [9.17, 15) is 5.11 Å². The molecular weight excluding hydrogens is 232 g/mol. The highest BCUT2D eigenvalue weighted by atomic mass is 16.3. The van der Waals surface area contributed by atoms with Crippen molar-refractivity contribution in [3.8, 4) is 16.9 Å². The summed E-state index contributed by atoms with van der Waals surface area (Å²) in [5.41, 5.74) is 5.75. The zero-order chi connectivity index (χ0) is 13.8. The van der Waals surface area contributed by atoms with E-state index in [0.29, 0.717) is 5.75 Å². The molecule has 100 valence electrons. The molecule has 0 radical (unpaired) electrons. The number of aromatic hydroxyl groups is 1. The molecule has 0 saturated carbocycles. The van der Waals surface area contributed by atoms with Crippen molar-refractivity contribution in [1.29, 1.82) is 0 Å². The Labute approximate surface area is 115 Å². The first-order chi connectivity index (χ1) is 9.21. The molecule has 1 nitrogen and oxygen atoms in total. The lowest BCUT2D eigenvalue weighted by Gasteiger charge is -2.14. The quantitative estimate of drug-likeness (QED) is 0.835. The molecule has 0 heterocycles. The summed E-state index contributed by atoms with van der Waals surface area (Å²) < 4.78 is 0. The van der Waals surface area contributed by atoms with Crippen LogP contribution in [0.2, 0.25) is 0 Å². The van der Waals surface area contributed by atoms with Crippen molar-refractivity contribution in [3.63, 3.8) is 0 Å². The van der Waals surface area contributed by atoms with E-state index < -0.39 is 0 Å². The van der Waals surface area contributed by atoms with Crippen molar-refractivity contribution in [2.24, 2.45) is 0 Å². The fourth-order valence-electron chi connectivity index (χ4n) is 2.53.